The lowest BCUT2D eigenvalue weighted by Crippen LogP contribution is -2.34. The Balaban J connectivity index is 2.25. The van der Waals surface area contributed by atoms with Crippen molar-refractivity contribution in [3.8, 4) is 0 Å². The number of nitrogens with one attached hydrogen (secondary N) is 1. The molecule has 1 aliphatic rings. The number of halogens is 1. The van der Waals surface area contributed by atoms with Crippen LogP contribution in [0.25, 0.3) is 0 Å². The minimum atomic E-state index is 0.0926. The van der Waals surface area contributed by atoms with Crippen LogP contribution >= 0.6 is 15.9 Å². The molecule has 0 heterocycles. The second-order valence-corrected chi connectivity index (χ2v) is 3.30. The molecule has 0 atom stereocenters. The van der Waals surface area contributed by atoms with E-state index in [9.17, 15) is 4.79 Å². The molecule has 0 spiro atoms. The van der Waals surface area contributed by atoms with Gasteiger partial charge in [0.05, 0.1) is 5.33 Å². The van der Waals surface area contributed by atoms with E-state index in [0.29, 0.717) is 5.33 Å². The SMILES string of the molecule is CC1(NC(=O)CBr)CC1. The third kappa shape index (κ3) is 1.97. The Morgan fingerprint density at radius 3 is 2.67 bits per heavy atom. The van der Waals surface area contributed by atoms with E-state index >= 15 is 0 Å². The van der Waals surface area contributed by atoms with Gasteiger partial charge in [-0.05, 0) is 19.8 Å². The largest absolute Gasteiger partial charge is 0.350 e. The van der Waals surface area contributed by atoms with Crippen molar-refractivity contribution in [2.24, 2.45) is 0 Å². The van der Waals surface area contributed by atoms with E-state index in [1.165, 1.54) is 0 Å². The predicted molar refractivity (Wildman–Crippen MR) is 39.6 cm³/mol. The summed E-state index contributed by atoms with van der Waals surface area (Å²) in [5.74, 6) is 0.0926. The number of amides is 1. The second-order valence-electron chi connectivity index (χ2n) is 2.74. The zero-order valence-electron chi connectivity index (χ0n) is 5.41. The number of carbonyl (C=O) groups is 1. The van der Waals surface area contributed by atoms with Crippen LogP contribution in [0.5, 0.6) is 0 Å². The molecule has 1 aliphatic carbocycles. The molecular weight excluding hydrogens is 182 g/mol. The average Bonchev–Trinajstić information content (AvgIpc) is 2.48. The fourth-order valence-corrected chi connectivity index (χ4v) is 0.823. The number of hydrogen-bond donors (Lipinski definition) is 1. The van der Waals surface area contributed by atoms with Gasteiger partial charge in [-0.1, -0.05) is 15.9 Å². The topological polar surface area (TPSA) is 29.1 Å². The maximum atomic E-state index is 10.7. The summed E-state index contributed by atoms with van der Waals surface area (Å²) in [7, 11) is 0. The minimum absolute atomic E-state index is 0.0926. The molecule has 1 saturated carbocycles. The smallest absolute Gasteiger partial charge is 0.231 e. The maximum Gasteiger partial charge on any atom is 0.231 e. The summed E-state index contributed by atoms with van der Waals surface area (Å²) < 4.78 is 0. The summed E-state index contributed by atoms with van der Waals surface area (Å²) in [6, 6.07) is 0. The van der Waals surface area contributed by atoms with Gasteiger partial charge in [-0.25, -0.2) is 0 Å². The van der Waals surface area contributed by atoms with E-state index in [0.717, 1.165) is 12.8 Å². The van der Waals surface area contributed by atoms with Crippen molar-refractivity contribution in [1.82, 2.24) is 5.32 Å². The molecule has 1 rings (SSSR count). The van der Waals surface area contributed by atoms with E-state index in [2.05, 4.69) is 28.2 Å². The van der Waals surface area contributed by atoms with E-state index in [4.69, 9.17) is 0 Å². The lowest BCUT2D eigenvalue weighted by Gasteiger charge is -2.08. The Kier molecular flexibility index (Phi) is 1.80. The molecule has 0 aromatic carbocycles. The molecule has 52 valence electrons. The maximum absolute atomic E-state index is 10.7. The minimum Gasteiger partial charge on any atom is -0.350 e. The molecule has 0 aromatic heterocycles. The van der Waals surface area contributed by atoms with E-state index in [1.807, 2.05) is 0 Å². The van der Waals surface area contributed by atoms with Crippen LogP contribution in [-0.2, 0) is 4.79 Å². The van der Waals surface area contributed by atoms with Gasteiger partial charge < -0.3 is 5.32 Å². The molecule has 1 fully saturated rings. The van der Waals surface area contributed by atoms with Crippen LogP contribution in [0, 0.1) is 0 Å². The molecule has 0 radical (unpaired) electrons. The average molecular weight is 192 g/mol. The molecule has 0 aromatic rings. The van der Waals surface area contributed by atoms with Crippen LogP contribution in [0.4, 0.5) is 0 Å². The third-order valence-electron chi connectivity index (χ3n) is 1.56. The first kappa shape index (κ1) is 7.06. The van der Waals surface area contributed by atoms with Crippen LogP contribution < -0.4 is 5.32 Å². The lowest BCUT2D eigenvalue weighted by atomic mass is 10.3. The molecule has 0 unspecified atom stereocenters. The highest BCUT2D eigenvalue weighted by atomic mass is 79.9. The van der Waals surface area contributed by atoms with Gasteiger partial charge in [0.15, 0.2) is 0 Å². The summed E-state index contributed by atoms with van der Waals surface area (Å²) in [6.07, 6.45) is 2.26. The van der Waals surface area contributed by atoms with Crippen LogP contribution in [0.1, 0.15) is 19.8 Å². The van der Waals surface area contributed by atoms with E-state index in [-0.39, 0.29) is 11.4 Å². The van der Waals surface area contributed by atoms with Gasteiger partial charge >= 0.3 is 0 Å². The molecule has 3 heteroatoms. The van der Waals surface area contributed by atoms with Gasteiger partial charge in [-0.15, -0.1) is 0 Å². The number of alkyl halides is 1. The van der Waals surface area contributed by atoms with Gasteiger partial charge in [0.2, 0.25) is 5.91 Å². The van der Waals surface area contributed by atoms with Crippen molar-refractivity contribution < 1.29 is 4.79 Å². The van der Waals surface area contributed by atoms with Gasteiger partial charge in [-0.3, -0.25) is 4.79 Å². The molecule has 0 saturated heterocycles. The molecule has 1 N–H and O–H groups in total. The predicted octanol–water partition coefficient (Wildman–Crippen LogP) is 1.05. The van der Waals surface area contributed by atoms with Crippen molar-refractivity contribution in [2.45, 2.75) is 25.3 Å². The third-order valence-corrected chi connectivity index (χ3v) is 2.07. The first-order valence-electron chi connectivity index (χ1n) is 3.03. The Bertz CT molecular complexity index is 131. The first-order valence-corrected chi connectivity index (χ1v) is 4.15. The fourth-order valence-electron chi connectivity index (χ4n) is 0.682. The summed E-state index contributed by atoms with van der Waals surface area (Å²) in [4.78, 5) is 10.7. The van der Waals surface area contributed by atoms with Crippen LogP contribution in [0.2, 0.25) is 0 Å². The molecule has 2 nitrogen and oxygen atoms in total. The zero-order chi connectivity index (χ0) is 6.91. The number of hydrogen-bond acceptors (Lipinski definition) is 1. The Hall–Kier alpha value is -0.0500. The van der Waals surface area contributed by atoms with Crippen LogP contribution in [0.3, 0.4) is 0 Å². The Morgan fingerprint density at radius 2 is 2.33 bits per heavy atom. The van der Waals surface area contributed by atoms with Crippen molar-refractivity contribution in [3.63, 3.8) is 0 Å². The standard InChI is InChI=1S/C6H10BrNO/c1-6(2-3-6)8-5(9)4-7/h2-4H2,1H3,(H,8,9). The van der Waals surface area contributed by atoms with E-state index in [1.54, 1.807) is 0 Å². The summed E-state index contributed by atoms with van der Waals surface area (Å²) in [5, 5.41) is 3.31. The number of carbonyl (C=O) groups excluding carboxylic acids is 1. The highest BCUT2D eigenvalue weighted by Crippen LogP contribution is 2.34. The normalized spacial score (nSPS) is 21.1. The Morgan fingerprint density at radius 1 is 1.78 bits per heavy atom. The highest BCUT2D eigenvalue weighted by Gasteiger charge is 2.38. The lowest BCUT2D eigenvalue weighted by molar-refractivity contribution is -0.119. The summed E-state index contributed by atoms with van der Waals surface area (Å²) in [5.41, 5.74) is 0.144. The van der Waals surface area contributed by atoms with Crippen molar-refractivity contribution in [1.29, 1.82) is 0 Å². The van der Waals surface area contributed by atoms with Gasteiger partial charge in [0.25, 0.3) is 0 Å². The van der Waals surface area contributed by atoms with E-state index < -0.39 is 0 Å². The zero-order valence-corrected chi connectivity index (χ0v) is 6.99. The molecule has 0 aliphatic heterocycles. The van der Waals surface area contributed by atoms with Crippen molar-refractivity contribution in [3.05, 3.63) is 0 Å². The fraction of sp³-hybridized carbons (Fsp3) is 0.833. The summed E-state index contributed by atoms with van der Waals surface area (Å²) >= 11 is 3.08. The second kappa shape index (κ2) is 2.29. The number of rotatable bonds is 2. The molecule has 1 amide bonds. The monoisotopic (exact) mass is 191 g/mol. The molecule has 9 heavy (non-hydrogen) atoms. The van der Waals surface area contributed by atoms with Gasteiger partial charge in [-0.2, -0.15) is 0 Å². The molecular formula is C6H10BrNO. The quantitative estimate of drug-likeness (QED) is 0.651. The molecule has 0 bridgehead atoms. The highest BCUT2D eigenvalue weighted by molar-refractivity contribution is 9.09. The summed E-state index contributed by atoms with van der Waals surface area (Å²) in [6.45, 7) is 2.06. The van der Waals surface area contributed by atoms with Gasteiger partial charge in [0, 0.05) is 5.54 Å². The first-order chi connectivity index (χ1) is 4.16. The Labute approximate surface area is 63.1 Å². The van der Waals surface area contributed by atoms with Crippen LogP contribution in [-0.4, -0.2) is 16.8 Å². The van der Waals surface area contributed by atoms with Gasteiger partial charge in [0.1, 0.15) is 0 Å². The van der Waals surface area contributed by atoms with Crippen molar-refractivity contribution in [2.75, 3.05) is 5.33 Å². The van der Waals surface area contributed by atoms with Crippen molar-refractivity contribution >= 4 is 21.8 Å². The van der Waals surface area contributed by atoms with Crippen LogP contribution in [0.15, 0.2) is 0 Å².